The monoisotopic (exact) mass is 520 g/mol. The first-order chi connectivity index (χ1) is 19.0. The fourth-order valence-corrected chi connectivity index (χ4v) is 5.04. The topological polar surface area (TPSA) is 61.8 Å². The van der Waals surface area contributed by atoms with E-state index in [9.17, 15) is 9.59 Å². The van der Waals surface area contributed by atoms with Gasteiger partial charge in [-0.15, -0.1) is 0 Å². The number of hydrogen-bond donors (Lipinski definition) is 0. The lowest BCUT2D eigenvalue weighted by atomic mass is 9.99. The Kier molecular flexibility index (Phi) is 7.89. The summed E-state index contributed by atoms with van der Waals surface area (Å²) in [6.45, 7) is 4.87. The van der Waals surface area contributed by atoms with Crippen LogP contribution in [0.15, 0.2) is 84.9 Å². The second-order valence-electron chi connectivity index (χ2n) is 9.89. The molecular formula is C34H32O5. The molecule has 0 amide bonds. The Hall–Kier alpha value is -4.22. The molecule has 0 saturated carbocycles. The largest absolute Gasteiger partial charge is 0.423 e. The van der Waals surface area contributed by atoms with Crippen LogP contribution in [-0.4, -0.2) is 25.7 Å². The van der Waals surface area contributed by atoms with Gasteiger partial charge in [0.15, 0.2) is 0 Å². The number of fused-ring (bicyclic) bond motifs is 3. The predicted octanol–water partition coefficient (Wildman–Crippen LogP) is 7.40. The van der Waals surface area contributed by atoms with Gasteiger partial charge in [-0.3, -0.25) is 0 Å². The molecule has 4 aromatic rings. The fourth-order valence-electron chi connectivity index (χ4n) is 5.04. The lowest BCUT2D eigenvalue weighted by Gasteiger charge is -2.10. The van der Waals surface area contributed by atoms with Crippen LogP contribution in [0, 0.1) is 0 Å². The smallest absolute Gasteiger partial charge is 0.343 e. The Labute approximate surface area is 229 Å². The molecule has 5 nitrogen and oxygen atoms in total. The van der Waals surface area contributed by atoms with Crippen LogP contribution < -0.4 is 9.47 Å². The van der Waals surface area contributed by atoms with Crippen molar-refractivity contribution in [2.45, 2.75) is 39.0 Å². The Morgan fingerprint density at radius 2 is 1.13 bits per heavy atom. The summed E-state index contributed by atoms with van der Waals surface area (Å²) in [4.78, 5) is 25.5. The second-order valence-corrected chi connectivity index (χ2v) is 9.89. The molecule has 0 bridgehead atoms. The number of carbonyl (C=O) groups excluding carboxylic acids is 2. The van der Waals surface area contributed by atoms with Gasteiger partial charge in [0.1, 0.15) is 11.5 Å². The lowest BCUT2D eigenvalue weighted by Crippen LogP contribution is -2.09. The summed E-state index contributed by atoms with van der Waals surface area (Å²) in [5, 5.41) is 0. The van der Waals surface area contributed by atoms with Crippen LogP contribution in [0.25, 0.3) is 11.1 Å². The maximum atomic E-state index is 12.8. The normalized spacial score (nSPS) is 13.5. The van der Waals surface area contributed by atoms with Crippen molar-refractivity contribution >= 4 is 11.9 Å². The molecule has 4 aromatic carbocycles. The van der Waals surface area contributed by atoms with Crippen LogP contribution in [0.2, 0.25) is 0 Å². The van der Waals surface area contributed by atoms with Crippen molar-refractivity contribution < 1.29 is 23.8 Å². The zero-order chi connectivity index (χ0) is 27.4. The van der Waals surface area contributed by atoms with Crippen molar-refractivity contribution in [1.29, 1.82) is 0 Å². The number of carbonyl (C=O) groups is 2. The van der Waals surface area contributed by atoms with E-state index in [0.717, 1.165) is 47.1 Å². The summed E-state index contributed by atoms with van der Waals surface area (Å²) in [6.07, 6.45) is 2.84. The van der Waals surface area contributed by atoms with E-state index in [4.69, 9.17) is 14.2 Å². The number of methoxy groups -OCH3 is 1. The molecule has 0 spiro atoms. The number of benzene rings is 4. The van der Waals surface area contributed by atoms with E-state index in [1.165, 1.54) is 5.56 Å². The Balaban J connectivity index is 1.28. The van der Waals surface area contributed by atoms with E-state index in [0.29, 0.717) is 29.2 Å². The molecule has 1 unspecified atom stereocenters. The van der Waals surface area contributed by atoms with Gasteiger partial charge in [-0.1, -0.05) is 56.7 Å². The minimum atomic E-state index is -0.395. The molecular weight excluding hydrogens is 488 g/mol. The van der Waals surface area contributed by atoms with Crippen LogP contribution in [0.5, 0.6) is 11.5 Å². The molecule has 5 rings (SSSR count). The van der Waals surface area contributed by atoms with Crippen LogP contribution in [0.4, 0.5) is 0 Å². The van der Waals surface area contributed by atoms with Crippen molar-refractivity contribution in [3.05, 3.63) is 118 Å². The third-order valence-corrected chi connectivity index (χ3v) is 7.20. The van der Waals surface area contributed by atoms with Gasteiger partial charge in [0.05, 0.1) is 17.7 Å². The number of aryl methyl sites for hydroxylation is 1. The summed E-state index contributed by atoms with van der Waals surface area (Å²) < 4.78 is 16.5. The zero-order valence-electron chi connectivity index (χ0n) is 22.5. The SMILES string of the molecule is CCCc1ccc(C(=O)Oc2ccc3c(c2)C(C)c2cc(OC(=O)c4ccc(CCOC)cc4)ccc2-3)cc1. The Bertz CT molecular complexity index is 1490. The van der Waals surface area contributed by atoms with E-state index in [1.807, 2.05) is 72.8 Å². The first kappa shape index (κ1) is 26.4. The van der Waals surface area contributed by atoms with Crippen molar-refractivity contribution in [2.75, 3.05) is 13.7 Å². The Morgan fingerprint density at radius 1 is 0.667 bits per heavy atom. The average molecular weight is 521 g/mol. The van der Waals surface area contributed by atoms with E-state index in [1.54, 1.807) is 19.2 Å². The van der Waals surface area contributed by atoms with Gasteiger partial charge in [0, 0.05) is 13.0 Å². The molecule has 0 aromatic heterocycles. The summed E-state index contributed by atoms with van der Waals surface area (Å²) in [7, 11) is 1.67. The molecule has 1 aliphatic rings. The van der Waals surface area contributed by atoms with E-state index < -0.39 is 5.97 Å². The molecule has 1 aliphatic carbocycles. The summed E-state index contributed by atoms with van der Waals surface area (Å²) in [6, 6.07) is 26.5. The van der Waals surface area contributed by atoms with Crippen LogP contribution in [0.3, 0.4) is 0 Å². The fraction of sp³-hybridized carbons (Fsp3) is 0.235. The lowest BCUT2D eigenvalue weighted by molar-refractivity contribution is 0.0725. The highest BCUT2D eigenvalue weighted by atomic mass is 16.5. The van der Waals surface area contributed by atoms with E-state index in [2.05, 4.69) is 13.8 Å². The van der Waals surface area contributed by atoms with Crippen molar-refractivity contribution in [3.63, 3.8) is 0 Å². The third kappa shape index (κ3) is 5.79. The van der Waals surface area contributed by atoms with Crippen LogP contribution in [0.1, 0.15) is 69.2 Å². The maximum Gasteiger partial charge on any atom is 0.343 e. The summed E-state index contributed by atoms with van der Waals surface area (Å²) >= 11 is 0. The minimum Gasteiger partial charge on any atom is -0.423 e. The van der Waals surface area contributed by atoms with Gasteiger partial charge in [-0.25, -0.2) is 9.59 Å². The Morgan fingerprint density at radius 3 is 1.56 bits per heavy atom. The summed E-state index contributed by atoms with van der Waals surface area (Å²) in [5.74, 6) is 0.299. The van der Waals surface area contributed by atoms with Crippen LogP contribution in [-0.2, 0) is 17.6 Å². The zero-order valence-corrected chi connectivity index (χ0v) is 22.5. The van der Waals surface area contributed by atoms with Gasteiger partial charge in [-0.05, 0) is 94.8 Å². The standard InChI is InChI=1S/C34H32O5/c1-4-5-23-6-10-25(11-7-23)33(35)38-27-14-16-29-30-17-15-28(21-32(30)22(2)31(29)20-27)39-34(36)26-12-8-24(9-13-26)18-19-37-3/h6-17,20-22H,4-5,18-19H2,1-3H3. The van der Waals surface area contributed by atoms with Crippen molar-refractivity contribution in [2.24, 2.45) is 0 Å². The molecule has 0 radical (unpaired) electrons. The minimum absolute atomic E-state index is 0.0562. The first-order valence-corrected chi connectivity index (χ1v) is 13.4. The van der Waals surface area contributed by atoms with E-state index >= 15 is 0 Å². The first-order valence-electron chi connectivity index (χ1n) is 13.4. The van der Waals surface area contributed by atoms with Gasteiger partial charge in [0.25, 0.3) is 0 Å². The second kappa shape index (κ2) is 11.7. The van der Waals surface area contributed by atoms with Gasteiger partial charge < -0.3 is 14.2 Å². The van der Waals surface area contributed by atoms with Gasteiger partial charge >= 0.3 is 11.9 Å². The highest BCUT2D eigenvalue weighted by molar-refractivity contribution is 5.92. The van der Waals surface area contributed by atoms with Gasteiger partial charge in [0.2, 0.25) is 0 Å². The molecule has 39 heavy (non-hydrogen) atoms. The number of rotatable bonds is 9. The van der Waals surface area contributed by atoms with E-state index in [-0.39, 0.29) is 11.9 Å². The molecule has 0 aliphatic heterocycles. The molecule has 0 N–H and O–H groups in total. The highest BCUT2D eigenvalue weighted by Gasteiger charge is 2.27. The summed E-state index contributed by atoms with van der Waals surface area (Å²) in [5.41, 5.74) is 7.66. The number of hydrogen-bond acceptors (Lipinski definition) is 5. The quantitative estimate of drug-likeness (QED) is 0.170. The average Bonchev–Trinajstić information content (AvgIpc) is 3.23. The number of esters is 2. The molecule has 1 atom stereocenters. The molecule has 0 fully saturated rings. The molecule has 0 heterocycles. The van der Waals surface area contributed by atoms with Crippen molar-refractivity contribution in [1.82, 2.24) is 0 Å². The molecule has 198 valence electrons. The third-order valence-electron chi connectivity index (χ3n) is 7.20. The van der Waals surface area contributed by atoms with Crippen molar-refractivity contribution in [3.8, 4) is 22.6 Å². The van der Waals surface area contributed by atoms with Gasteiger partial charge in [-0.2, -0.15) is 0 Å². The van der Waals surface area contributed by atoms with Crippen LogP contribution >= 0.6 is 0 Å². The molecule has 0 saturated heterocycles. The highest BCUT2D eigenvalue weighted by Crippen LogP contribution is 2.47. The number of ether oxygens (including phenoxy) is 3. The maximum absolute atomic E-state index is 12.8. The molecule has 5 heteroatoms. The predicted molar refractivity (Wildman–Crippen MR) is 152 cm³/mol.